The molecular weight excluding hydrogens is 344 g/mol. The molecule has 3 aromatic rings. The van der Waals surface area contributed by atoms with Gasteiger partial charge in [0.2, 0.25) is 0 Å². The van der Waals surface area contributed by atoms with Gasteiger partial charge in [0.15, 0.2) is 11.5 Å². The highest BCUT2D eigenvalue weighted by Crippen LogP contribution is 2.30. The van der Waals surface area contributed by atoms with Crippen LogP contribution in [0, 0.1) is 0 Å². The molecule has 0 spiro atoms. The Hall–Kier alpha value is -3.15. The summed E-state index contributed by atoms with van der Waals surface area (Å²) in [6, 6.07) is 13.3. The van der Waals surface area contributed by atoms with E-state index in [9.17, 15) is 4.79 Å². The largest absolute Gasteiger partial charge is 0.496 e. The lowest BCUT2D eigenvalue weighted by Crippen LogP contribution is -2.27. The number of carbonyl (C=O) groups is 1. The van der Waals surface area contributed by atoms with Crippen LogP contribution in [-0.4, -0.2) is 37.3 Å². The minimum atomic E-state index is -0.125. The summed E-state index contributed by atoms with van der Waals surface area (Å²) in [6.07, 6.45) is 2.85. The van der Waals surface area contributed by atoms with Crippen molar-refractivity contribution >= 4 is 16.8 Å². The molecule has 0 saturated carbocycles. The first-order valence-electron chi connectivity index (χ1n) is 9.06. The third kappa shape index (κ3) is 3.56. The molecule has 2 heterocycles. The fourth-order valence-electron chi connectivity index (χ4n) is 3.26. The number of methoxy groups -OCH3 is 1. The van der Waals surface area contributed by atoms with Gasteiger partial charge in [0.05, 0.1) is 25.8 Å². The summed E-state index contributed by atoms with van der Waals surface area (Å²) in [5.74, 6) is 2.04. The number of fused-ring (bicyclic) bond motifs is 2. The number of amides is 1. The molecule has 27 heavy (non-hydrogen) atoms. The molecule has 4 rings (SSSR count). The number of benzene rings is 2. The van der Waals surface area contributed by atoms with Gasteiger partial charge in [-0.25, -0.2) is 0 Å². The van der Waals surface area contributed by atoms with E-state index in [1.807, 2.05) is 30.5 Å². The van der Waals surface area contributed by atoms with E-state index in [0.717, 1.165) is 23.1 Å². The van der Waals surface area contributed by atoms with Crippen molar-refractivity contribution in [2.24, 2.45) is 0 Å². The molecule has 140 valence electrons. The molecule has 0 radical (unpaired) electrons. The third-order valence-electron chi connectivity index (χ3n) is 4.64. The molecule has 1 aromatic heterocycles. The van der Waals surface area contributed by atoms with Gasteiger partial charge in [0, 0.05) is 36.7 Å². The zero-order valence-corrected chi connectivity index (χ0v) is 15.2. The third-order valence-corrected chi connectivity index (χ3v) is 4.64. The lowest BCUT2D eigenvalue weighted by atomic mass is 10.2. The molecule has 1 N–H and O–H groups in total. The summed E-state index contributed by atoms with van der Waals surface area (Å²) < 4.78 is 18.7. The monoisotopic (exact) mass is 366 g/mol. The fourth-order valence-corrected chi connectivity index (χ4v) is 3.26. The van der Waals surface area contributed by atoms with E-state index in [0.29, 0.717) is 43.4 Å². The Morgan fingerprint density at radius 1 is 1.15 bits per heavy atom. The minimum Gasteiger partial charge on any atom is -0.496 e. The number of carbonyl (C=O) groups excluding carboxylic acids is 1. The molecule has 0 fully saturated rings. The molecule has 0 saturated heterocycles. The predicted octanol–water partition coefficient (Wildman–Crippen LogP) is 3.24. The van der Waals surface area contributed by atoms with Gasteiger partial charge in [-0.15, -0.1) is 0 Å². The van der Waals surface area contributed by atoms with E-state index in [4.69, 9.17) is 14.2 Å². The van der Waals surface area contributed by atoms with E-state index in [1.54, 1.807) is 25.3 Å². The van der Waals surface area contributed by atoms with E-state index >= 15 is 0 Å². The summed E-state index contributed by atoms with van der Waals surface area (Å²) in [4.78, 5) is 12.5. The van der Waals surface area contributed by atoms with Crippen LogP contribution in [0.2, 0.25) is 0 Å². The summed E-state index contributed by atoms with van der Waals surface area (Å²) in [5, 5.41) is 4.03. The van der Waals surface area contributed by atoms with Crippen LogP contribution < -0.4 is 19.5 Å². The van der Waals surface area contributed by atoms with Crippen molar-refractivity contribution in [1.29, 1.82) is 0 Å². The van der Waals surface area contributed by atoms with Crippen molar-refractivity contribution in [2.45, 2.75) is 13.0 Å². The van der Waals surface area contributed by atoms with Crippen molar-refractivity contribution in [3.63, 3.8) is 0 Å². The summed E-state index contributed by atoms with van der Waals surface area (Å²) in [6.45, 7) is 2.43. The zero-order chi connectivity index (χ0) is 18.6. The fraction of sp³-hybridized carbons (Fsp3) is 0.286. The molecule has 1 aliphatic rings. The van der Waals surface area contributed by atoms with Gasteiger partial charge in [-0.1, -0.05) is 6.07 Å². The second kappa shape index (κ2) is 7.61. The van der Waals surface area contributed by atoms with Gasteiger partial charge in [-0.2, -0.15) is 0 Å². The molecule has 0 unspecified atom stereocenters. The zero-order valence-electron chi connectivity index (χ0n) is 15.2. The smallest absolute Gasteiger partial charge is 0.251 e. The Labute approximate surface area is 157 Å². The topological polar surface area (TPSA) is 61.7 Å². The van der Waals surface area contributed by atoms with Crippen molar-refractivity contribution in [3.8, 4) is 17.2 Å². The maximum absolute atomic E-state index is 12.5. The van der Waals surface area contributed by atoms with Crippen molar-refractivity contribution in [1.82, 2.24) is 9.88 Å². The first kappa shape index (κ1) is 17.3. The van der Waals surface area contributed by atoms with Crippen LogP contribution in [0.5, 0.6) is 17.2 Å². The van der Waals surface area contributed by atoms with Crippen molar-refractivity contribution in [2.75, 3.05) is 26.9 Å². The minimum absolute atomic E-state index is 0.125. The number of nitrogens with one attached hydrogen (secondary N) is 1. The summed E-state index contributed by atoms with van der Waals surface area (Å²) in [5.41, 5.74) is 1.65. The Kier molecular flexibility index (Phi) is 4.87. The first-order valence-corrected chi connectivity index (χ1v) is 9.06. The van der Waals surface area contributed by atoms with Crippen LogP contribution in [0.15, 0.2) is 48.7 Å². The molecule has 2 aromatic carbocycles. The Morgan fingerprint density at radius 2 is 2.00 bits per heavy atom. The molecule has 1 aliphatic heterocycles. The maximum Gasteiger partial charge on any atom is 0.251 e. The summed E-state index contributed by atoms with van der Waals surface area (Å²) >= 11 is 0. The summed E-state index contributed by atoms with van der Waals surface area (Å²) in [7, 11) is 1.67. The average molecular weight is 366 g/mol. The van der Waals surface area contributed by atoms with E-state index in [2.05, 4.69) is 9.88 Å². The maximum atomic E-state index is 12.5. The molecule has 6 nitrogen and oxygen atoms in total. The van der Waals surface area contributed by atoms with Gasteiger partial charge < -0.3 is 24.1 Å². The molecule has 0 atom stereocenters. The van der Waals surface area contributed by atoms with Gasteiger partial charge in [0.1, 0.15) is 5.75 Å². The Morgan fingerprint density at radius 3 is 2.85 bits per heavy atom. The lowest BCUT2D eigenvalue weighted by molar-refractivity contribution is 0.0952. The lowest BCUT2D eigenvalue weighted by Gasteiger charge is -2.11. The van der Waals surface area contributed by atoms with Gasteiger partial charge >= 0.3 is 0 Å². The normalized spacial score (nSPS) is 13.2. The molecule has 1 amide bonds. The predicted molar refractivity (Wildman–Crippen MR) is 103 cm³/mol. The number of aromatic nitrogens is 1. The Bertz CT molecular complexity index is 964. The van der Waals surface area contributed by atoms with Crippen LogP contribution in [0.1, 0.15) is 16.8 Å². The van der Waals surface area contributed by atoms with Crippen molar-refractivity contribution in [3.05, 3.63) is 54.2 Å². The SMILES string of the molecule is COc1cccc2c1ccn2CCNC(=O)c1ccc2c(c1)OCCCO2. The standard InChI is InChI=1S/C21H22N2O4/c1-25-18-5-2-4-17-16(18)8-10-23(17)11-9-22-21(24)15-6-7-19-20(14-15)27-13-3-12-26-19/h2,4-8,10,14H,3,9,11-13H2,1H3,(H,22,24). The number of rotatable bonds is 5. The van der Waals surface area contributed by atoms with Gasteiger partial charge in [0.25, 0.3) is 5.91 Å². The second-order valence-electron chi connectivity index (χ2n) is 6.37. The van der Waals surface area contributed by atoms with E-state index in [-0.39, 0.29) is 5.91 Å². The van der Waals surface area contributed by atoms with Crippen molar-refractivity contribution < 1.29 is 19.0 Å². The average Bonchev–Trinajstić information content (AvgIpc) is 2.96. The molecule has 0 bridgehead atoms. The Balaban J connectivity index is 1.41. The van der Waals surface area contributed by atoms with Gasteiger partial charge in [-0.3, -0.25) is 4.79 Å². The molecular formula is C21H22N2O4. The highest BCUT2D eigenvalue weighted by atomic mass is 16.5. The number of nitrogens with zero attached hydrogens (tertiary/aromatic N) is 1. The number of hydrogen-bond donors (Lipinski definition) is 1. The quantitative estimate of drug-likeness (QED) is 0.753. The number of hydrogen-bond acceptors (Lipinski definition) is 4. The number of ether oxygens (including phenoxy) is 3. The second-order valence-corrected chi connectivity index (χ2v) is 6.37. The highest BCUT2D eigenvalue weighted by Gasteiger charge is 2.14. The van der Waals surface area contributed by atoms with Crippen LogP contribution >= 0.6 is 0 Å². The van der Waals surface area contributed by atoms with Gasteiger partial charge in [-0.05, 0) is 36.4 Å². The highest BCUT2D eigenvalue weighted by molar-refractivity contribution is 5.95. The van der Waals surface area contributed by atoms with Crippen LogP contribution in [-0.2, 0) is 6.54 Å². The molecule has 0 aliphatic carbocycles. The first-order chi connectivity index (χ1) is 13.3. The molecule has 6 heteroatoms. The van der Waals surface area contributed by atoms with Crippen LogP contribution in [0.25, 0.3) is 10.9 Å². The van der Waals surface area contributed by atoms with Crippen LogP contribution in [0.3, 0.4) is 0 Å². The van der Waals surface area contributed by atoms with E-state index in [1.165, 1.54) is 0 Å². The van der Waals surface area contributed by atoms with Crippen LogP contribution in [0.4, 0.5) is 0 Å². The van der Waals surface area contributed by atoms with E-state index < -0.39 is 0 Å².